The van der Waals surface area contributed by atoms with Crippen molar-refractivity contribution in [3.05, 3.63) is 76.1 Å². The summed E-state index contributed by atoms with van der Waals surface area (Å²) in [6.07, 6.45) is 7.84. The van der Waals surface area contributed by atoms with Crippen molar-refractivity contribution in [3.63, 3.8) is 0 Å². The summed E-state index contributed by atoms with van der Waals surface area (Å²) in [7, 11) is 1.61. The highest BCUT2D eigenvalue weighted by molar-refractivity contribution is 8.00. The van der Waals surface area contributed by atoms with Crippen molar-refractivity contribution in [1.82, 2.24) is 29.9 Å². The van der Waals surface area contributed by atoms with Crippen molar-refractivity contribution < 1.29 is 23.7 Å². The molecule has 6 heterocycles. The first-order chi connectivity index (χ1) is 21.5. The standard InChI is InChI=1S/C30H27ClN6O5S2/c1-3-17-12-21(23(32-13-17)28(38)36-10-7-11-36)44-30-26(39-2)24(37-14-19(34-35-37)27-33-22(31)16-43-27)25-20(41-30)15-40-29(42-25)18-8-5-4-6-9-18/h1,4-6,8-9,12-14,16,20,24-26,29-30H,7,10-11,15H2,2H3/t20?,24?,25-,26-,29?,30+/m0/s1. The Labute approximate surface area is 266 Å². The molecule has 7 rings (SSSR count). The van der Waals surface area contributed by atoms with Gasteiger partial charge in [-0.05, 0) is 12.5 Å². The summed E-state index contributed by atoms with van der Waals surface area (Å²) in [5.74, 6) is 2.48. The number of methoxy groups -OCH3 is 1. The summed E-state index contributed by atoms with van der Waals surface area (Å²) >= 11 is 8.81. The third kappa shape index (κ3) is 5.63. The van der Waals surface area contributed by atoms with Gasteiger partial charge in [-0.1, -0.05) is 64.8 Å². The molecule has 0 aliphatic carbocycles. The molecule has 3 aliphatic heterocycles. The summed E-state index contributed by atoms with van der Waals surface area (Å²) in [4.78, 5) is 24.5. The molecule has 3 fully saturated rings. The Hall–Kier alpha value is -3.35. The van der Waals surface area contributed by atoms with Crippen LogP contribution in [0.15, 0.2) is 59.1 Å². The Morgan fingerprint density at radius 3 is 2.80 bits per heavy atom. The smallest absolute Gasteiger partial charge is 0.273 e. The lowest BCUT2D eigenvalue weighted by Crippen LogP contribution is -2.59. The van der Waals surface area contributed by atoms with Gasteiger partial charge in [-0.15, -0.1) is 22.9 Å². The van der Waals surface area contributed by atoms with E-state index in [4.69, 9.17) is 37.0 Å². The first-order valence-electron chi connectivity index (χ1n) is 14.0. The van der Waals surface area contributed by atoms with E-state index < -0.39 is 36.1 Å². The molecule has 11 nitrogen and oxygen atoms in total. The average molecular weight is 651 g/mol. The number of hydrogen-bond acceptors (Lipinski definition) is 11. The van der Waals surface area contributed by atoms with Crippen LogP contribution in [0.5, 0.6) is 0 Å². The minimum absolute atomic E-state index is 0.139. The lowest BCUT2D eigenvalue weighted by atomic mass is 9.96. The van der Waals surface area contributed by atoms with Crippen LogP contribution in [0.4, 0.5) is 0 Å². The molecule has 3 aliphatic rings. The van der Waals surface area contributed by atoms with Crippen LogP contribution >= 0.6 is 34.7 Å². The number of pyridine rings is 1. The minimum atomic E-state index is -0.608. The SMILES string of the molecule is C#Cc1cnc(C(=O)N2CCC2)c(S[C@H]2OC3COC(c4ccccc4)O[C@@H]3C(n3cc(-c4nc(Cl)cs4)nn3)[C@@H]2OC)c1. The van der Waals surface area contributed by atoms with Crippen LogP contribution in [0.1, 0.15) is 40.4 Å². The minimum Gasteiger partial charge on any atom is -0.375 e. The molecule has 3 unspecified atom stereocenters. The molecule has 3 aromatic heterocycles. The van der Waals surface area contributed by atoms with Crippen LogP contribution in [0.25, 0.3) is 10.7 Å². The van der Waals surface area contributed by atoms with Gasteiger partial charge in [0.1, 0.15) is 51.3 Å². The number of thioether (sulfide) groups is 1. The molecule has 0 bridgehead atoms. The fourth-order valence-corrected chi connectivity index (χ4v) is 7.65. The fraction of sp³-hybridized carbons (Fsp3) is 0.367. The van der Waals surface area contributed by atoms with E-state index in [2.05, 4.69) is 26.2 Å². The number of likely N-dealkylation sites (tertiary alicyclic amines) is 1. The number of halogens is 1. The number of rotatable bonds is 7. The van der Waals surface area contributed by atoms with Gasteiger partial charge in [0.25, 0.3) is 5.91 Å². The van der Waals surface area contributed by atoms with Crippen LogP contribution in [0.2, 0.25) is 5.15 Å². The Kier molecular flexibility index (Phi) is 8.39. The number of nitrogens with zero attached hydrogens (tertiary/aromatic N) is 6. The third-order valence-corrected chi connectivity index (χ3v) is 10.1. The van der Waals surface area contributed by atoms with Gasteiger partial charge in [0.05, 0.1) is 12.8 Å². The number of aromatic nitrogens is 5. The zero-order valence-electron chi connectivity index (χ0n) is 23.5. The number of terminal acetylenes is 1. The highest BCUT2D eigenvalue weighted by Crippen LogP contribution is 2.45. The van der Waals surface area contributed by atoms with Gasteiger partial charge >= 0.3 is 0 Å². The largest absolute Gasteiger partial charge is 0.375 e. The van der Waals surface area contributed by atoms with Crippen molar-refractivity contribution in [2.24, 2.45) is 0 Å². The van der Waals surface area contributed by atoms with Crippen molar-refractivity contribution in [2.45, 2.75) is 47.4 Å². The topological polar surface area (TPSA) is 114 Å². The maximum Gasteiger partial charge on any atom is 0.273 e. The van der Waals surface area contributed by atoms with E-state index in [1.165, 1.54) is 23.1 Å². The summed E-state index contributed by atoms with van der Waals surface area (Å²) < 4.78 is 27.2. The molecule has 6 atom stereocenters. The maximum atomic E-state index is 13.3. The Morgan fingerprint density at radius 2 is 2.09 bits per heavy atom. The van der Waals surface area contributed by atoms with Crippen molar-refractivity contribution in [2.75, 3.05) is 26.8 Å². The monoisotopic (exact) mass is 650 g/mol. The number of carbonyl (C=O) groups is 1. The molecule has 1 aromatic carbocycles. The first-order valence-corrected chi connectivity index (χ1v) is 16.1. The van der Waals surface area contributed by atoms with Crippen molar-refractivity contribution in [3.8, 4) is 23.0 Å². The number of fused-ring (bicyclic) bond motifs is 1. The van der Waals surface area contributed by atoms with E-state index in [9.17, 15) is 4.79 Å². The van der Waals surface area contributed by atoms with Crippen LogP contribution in [0.3, 0.4) is 0 Å². The molecule has 0 radical (unpaired) electrons. The molecule has 0 N–H and O–H groups in total. The first kappa shape index (κ1) is 29.4. The summed E-state index contributed by atoms with van der Waals surface area (Å²) in [6, 6.07) is 11.0. The van der Waals surface area contributed by atoms with Gasteiger partial charge in [-0.3, -0.25) is 4.79 Å². The Balaban J connectivity index is 1.25. The number of thiazole rings is 1. The molecule has 14 heteroatoms. The Bertz CT molecular complexity index is 1690. The molecule has 226 valence electrons. The van der Waals surface area contributed by atoms with E-state index in [1.807, 2.05) is 36.5 Å². The van der Waals surface area contributed by atoms with E-state index in [1.54, 1.807) is 34.3 Å². The second-order valence-corrected chi connectivity index (χ2v) is 12.8. The number of amides is 1. The summed E-state index contributed by atoms with van der Waals surface area (Å²) in [6.45, 7) is 1.66. The van der Waals surface area contributed by atoms with Gasteiger partial charge in [-0.25, -0.2) is 14.6 Å². The van der Waals surface area contributed by atoms with Gasteiger partial charge in [0.15, 0.2) is 6.29 Å². The molecular formula is C30H27ClN6O5S2. The van der Waals surface area contributed by atoms with Crippen LogP contribution in [-0.4, -0.2) is 86.3 Å². The van der Waals surface area contributed by atoms with Crippen molar-refractivity contribution >= 4 is 40.6 Å². The Morgan fingerprint density at radius 1 is 1.25 bits per heavy atom. The number of ether oxygens (including phenoxy) is 4. The van der Waals surface area contributed by atoms with Gasteiger partial charge in [-0.2, -0.15) is 0 Å². The fourth-order valence-electron chi connectivity index (χ4n) is 5.45. The molecular weight excluding hydrogens is 624 g/mol. The van der Waals surface area contributed by atoms with Gasteiger partial charge in [0, 0.05) is 47.8 Å². The van der Waals surface area contributed by atoms with Gasteiger partial charge < -0.3 is 23.8 Å². The molecule has 1 amide bonds. The predicted octanol–water partition coefficient (Wildman–Crippen LogP) is 4.46. The number of hydrogen-bond donors (Lipinski definition) is 0. The second-order valence-electron chi connectivity index (χ2n) is 10.4. The summed E-state index contributed by atoms with van der Waals surface area (Å²) in [5.41, 5.74) is 1.74. The number of carbonyl (C=O) groups excluding carboxylic acids is 1. The number of benzene rings is 1. The highest BCUT2D eigenvalue weighted by atomic mass is 35.5. The quantitative estimate of drug-likeness (QED) is 0.266. The zero-order valence-corrected chi connectivity index (χ0v) is 25.9. The summed E-state index contributed by atoms with van der Waals surface area (Å²) in [5, 5.41) is 11.7. The van der Waals surface area contributed by atoms with Crippen LogP contribution < -0.4 is 0 Å². The lowest BCUT2D eigenvalue weighted by molar-refractivity contribution is -0.308. The van der Waals surface area contributed by atoms with E-state index in [-0.39, 0.29) is 12.5 Å². The van der Waals surface area contributed by atoms with Crippen molar-refractivity contribution in [1.29, 1.82) is 0 Å². The molecule has 4 aromatic rings. The van der Waals surface area contributed by atoms with E-state index in [0.29, 0.717) is 45.1 Å². The average Bonchev–Trinajstić information content (AvgIpc) is 3.69. The van der Waals surface area contributed by atoms with E-state index >= 15 is 0 Å². The molecule has 44 heavy (non-hydrogen) atoms. The third-order valence-electron chi connectivity index (χ3n) is 7.77. The maximum absolute atomic E-state index is 13.3. The highest BCUT2D eigenvalue weighted by Gasteiger charge is 2.52. The molecule has 0 spiro atoms. The zero-order chi connectivity index (χ0) is 30.2. The normalized spacial score (nSPS) is 26.4. The van der Waals surface area contributed by atoms with Crippen LogP contribution in [0, 0.1) is 12.3 Å². The molecule has 0 saturated carbocycles. The lowest BCUT2D eigenvalue weighted by Gasteiger charge is -2.48. The second kappa shape index (κ2) is 12.6. The van der Waals surface area contributed by atoms with Crippen LogP contribution in [-0.2, 0) is 18.9 Å². The predicted molar refractivity (Wildman–Crippen MR) is 163 cm³/mol. The molecule has 3 saturated heterocycles. The van der Waals surface area contributed by atoms with Gasteiger partial charge in [0.2, 0.25) is 0 Å². The van der Waals surface area contributed by atoms with E-state index in [0.717, 1.165) is 12.0 Å².